The Kier molecular flexibility index (Phi) is 5.83. The largest absolute Gasteiger partial charge is 0.370 e. The van der Waals surface area contributed by atoms with E-state index in [-0.39, 0.29) is 0 Å². The molecule has 0 spiro atoms. The Labute approximate surface area is 136 Å². The molecule has 0 radical (unpaired) electrons. The Bertz CT molecular complexity index is 578. The molecule has 0 fully saturated rings. The second kappa shape index (κ2) is 7.62. The minimum atomic E-state index is 0.892. The molecular formula is C18H23BrN2. The Hall–Kier alpha value is -1.32. The zero-order valence-corrected chi connectivity index (χ0v) is 14.6. The van der Waals surface area contributed by atoms with Crippen molar-refractivity contribution < 1.29 is 0 Å². The van der Waals surface area contributed by atoms with Crippen LogP contribution >= 0.6 is 15.9 Å². The number of aryl methyl sites for hydroxylation is 1. The maximum atomic E-state index is 3.57. The summed E-state index contributed by atoms with van der Waals surface area (Å²) in [5, 5.41) is 3.41. The van der Waals surface area contributed by atoms with Crippen LogP contribution in [0.25, 0.3) is 0 Å². The van der Waals surface area contributed by atoms with Gasteiger partial charge in [0.25, 0.3) is 0 Å². The lowest BCUT2D eigenvalue weighted by Gasteiger charge is -2.23. The van der Waals surface area contributed by atoms with E-state index in [1.54, 1.807) is 0 Å². The quantitative estimate of drug-likeness (QED) is 0.828. The third kappa shape index (κ3) is 4.58. The number of benzene rings is 2. The topological polar surface area (TPSA) is 15.3 Å². The highest BCUT2D eigenvalue weighted by molar-refractivity contribution is 9.10. The van der Waals surface area contributed by atoms with E-state index in [2.05, 4.69) is 89.5 Å². The summed E-state index contributed by atoms with van der Waals surface area (Å²) in [6.07, 6.45) is 0. The molecule has 0 unspecified atom stereocenters. The molecule has 0 saturated heterocycles. The number of rotatable bonds is 6. The Morgan fingerprint density at radius 2 is 1.81 bits per heavy atom. The molecule has 2 rings (SSSR count). The second-order valence-electron chi connectivity index (χ2n) is 5.40. The highest BCUT2D eigenvalue weighted by Crippen LogP contribution is 2.25. The van der Waals surface area contributed by atoms with Gasteiger partial charge in [0.05, 0.1) is 0 Å². The van der Waals surface area contributed by atoms with Gasteiger partial charge in [0, 0.05) is 30.3 Å². The number of nitrogens with one attached hydrogen (secondary N) is 1. The summed E-state index contributed by atoms with van der Waals surface area (Å²) in [6.45, 7) is 7.04. The highest BCUT2D eigenvalue weighted by atomic mass is 79.9. The number of hydrogen-bond acceptors (Lipinski definition) is 2. The molecule has 0 heterocycles. The summed E-state index contributed by atoms with van der Waals surface area (Å²) in [5.74, 6) is 0. The van der Waals surface area contributed by atoms with Crippen LogP contribution in [0.4, 0.5) is 5.69 Å². The van der Waals surface area contributed by atoms with E-state index < -0.39 is 0 Å². The van der Waals surface area contributed by atoms with E-state index in [1.165, 1.54) is 22.4 Å². The lowest BCUT2D eigenvalue weighted by atomic mass is 10.1. The van der Waals surface area contributed by atoms with Crippen molar-refractivity contribution in [1.29, 1.82) is 0 Å². The molecule has 0 aliphatic carbocycles. The molecule has 0 aliphatic rings. The van der Waals surface area contributed by atoms with Gasteiger partial charge < -0.3 is 10.2 Å². The van der Waals surface area contributed by atoms with Gasteiger partial charge in [-0.15, -0.1) is 0 Å². The van der Waals surface area contributed by atoms with E-state index in [1.807, 2.05) is 0 Å². The first-order valence-electron chi connectivity index (χ1n) is 7.36. The molecule has 112 valence electrons. The predicted octanol–water partition coefficient (Wildman–Crippen LogP) is 4.50. The molecule has 3 heteroatoms. The molecule has 0 bridgehead atoms. The summed E-state index contributed by atoms with van der Waals surface area (Å²) in [4.78, 5) is 2.31. The maximum absolute atomic E-state index is 3.57. The van der Waals surface area contributed by atoms with Crippen molar-refractivity contribution in [2.45, 2.75) is 26.9 Å². The van der Waals surface area contributed by atoms with Crippen LogP contribution in [0.3, 0.4) is 0 Å². The van der Waals surface area contributed by atoms with Crippen LogP contribution in [0.1, 0.15) is 23.6 Å². The lowest BCUT2D eigenvalue weighted by Crippen LogP contribution is -2.20. The maximum Gasteiger partial charge on any atom is 0.0426 e. The zero-order valence-electron chi connectivity index (χ0n) is 13.0. The van der Waals surface area contributed by atoms with Gasteiger partial charge in [0.2, 0.25) is 0 Å². The molecule has 2 aromatic carbocycles. The normalized spacial score (nSPS) is 10.7. The van der Waals surface area contributed by atoms with Crippen LogP contribution < -0.4 is 10.2 Å². The van der Waals surface area contributed by atoms with Crippen molar-refractivity contribution in [3.05, 3.63) is 63.6 Å². The summed E-state index contributed by atoms with van der Waals surface area (Å²) in [6, 6.07) is 15.2. The fourth-order valence-corrected chi connectivity index (χ4v) is 2.79. The number of halogens is 1. The highest BCUT2D eigenvalue weighted by Gasteiger charge is 2.08. The Morgan fingerprint density at radius 3 is 2.48 bits per heavy atom. The molecule has 0 saturated carbocycles. The van der Waals surface area contributed by atoms with Gasteiger partial charge in [-0.05, 0) is 42.8 Å². The van der Waals surface area contributed by atoms with Gasteiger partial charge in [-0.3, -0.25) is 0 Å². The zero-order chi connectivity index (χ0) is 15.2. The van der Waals surface area contributed by atoms with Crippen molar-refractivity contribution in [2.24, 2.45) is 0 Å². The summed E-state index contributed by atoms with van der Waals surface area (Å²) >= 11 is 3.57. The van der Waals surface area contributed by atoms with Crippen molar-refractivity contribution in [1.82, 2.24) is 5.32 Å². The van der Waals surface area contributed by atoms with Gasteiger partial charge in [-0.25, -0.2) is 0 Å². The third-order valence-electron chi connectivity index (χ3n) is 3.56. The van der Waals surface area contributed by atoms with Gasteiger partial charge in [-0.2, -0.15) is 0 Å². The molecule has 0 amide bonds. The first kappa shape index (κ1) is 16.1. The van der Waals surface area contributed by atoms with Gasteiger partial charge in [-0.1, -0.05) is 52.7 Å². The lowest BCUT2D eigenvalue weighted by molar-refractivity contribution is 0.723. The first-order chi connectivity index (χ1) is 10.1. The average molecular weight is 347 g/mol. The summed E-state index contributed by atoms with van der Waals surface area (Å²) in [5.41, 5.74) is 5.24. The molecule has 2 nitrogen and oxygen atoms in total. The predicted molar refractivity (Wildman–Crippen MR) is 94.8 cm³/mol. The Balaban J connectivity index is 2.17. The Morgan fingerprint density at radius 1 is 1.10 bits per heavy atom. The SMILES string of the molecule is CCNCc1cc(Br)ccc1N(C)Cc1ccc(C)cc1. The van der Waals surface area contributed by atoms with Gasteiger partial charge in [0.15, 0.2) is 0 Å². The number of nitrogens with zero attached hydrogens (tertiary/aromatic N) is 1. The third-order valence-corrected chi connectivity index (χ3v) is 4.05. The molecule has 2 aromatic rings. The second-order valence-corrected chi connectivity index (χ2v) is 6.31. The van der Waals surface area contributed by atoms with Crippen LogP contribution in [-0.2, 0) is 13.1 Å². The smallest absolute Gasteiger partial charge is 0.0426 e. The minimum absolute atomic E-state index is 0.892. The number of anilines is 1. The van der Waals surface area contributed by atoms with Crippen molar-refractivity contribution in [3.63, 3.8) is 0 Å². The van der Waals surface area contributed by atoms with Gasteiger partial charge >= 0.3 is 0 Å². The molecular weight excluding hydrogens is 324 g/mol. The van der Waals surface area contributed by atoms with Crippen LogP contribution in [-0.4, -0.2) is 13.6 Å². The molecule has 0 aromatic heterocycles. The van der Waals surface area contributed by atoms with E-state index in [4.69, 9.17) is 0 Å². The molecule has 0 atom stereocenters. The molecule has 1 N–H and O–H groups in total. The van der Waals surface area contributed by atoms with E-state index in [0.29, 0.717) is 0 Å². The molecule has 0 aliphatic heterocycles. The van der Waals surface area contributed by atoms with E-state index >= 15 is 0 Å². The van der Waals surface area contributed by atoms with E-state index in [9.17, 15) is 0 Å². The van der Waals surface area contributed by atoms with Gasteiger partial charge in [0.1, 0.15) is 0 Å². The summed E-state index contributed by atoms with van der Waals surface area (Å²) in [7, 11) is 2.15. The van der Waals surface area contributed by atoms with Crippen LogP contribution in [0.5, 0.6) is 0 Å². The van der Waals surface area contributed by atoms with E-state index in [0.717, 1.165) is 24.1 Å². The molecule has 21 heavy (non-hydrogen) atoms. The van der Waals surface area contributed by atoms with Crippen LogP contribution in [0.2, 0.25) is 0 Å². The van der Waals surface area contributed by atoms with Crippen molar-refractivity contribution >= 4 is 21.6 Å². The standard InChI is InChI=1S/C18H23BrN2/c1-4-20-12-16-11-17(19)9-10-18(16)21(3)13-15-7-5-14(2)6-8-15/h5-11,20H,4,12-13H2,1-3H3. The van der Waals surface area contributed by atoms with Crippen LogP contribution in [0, 0.1) is 6.92 Å². The number of hydrogen-bond donors (Lipinski definition) is 1. The van der Waals surface area contributed by atoms with Crippen molar-refractivity contribution in [3.8, 4) is 0 Å². The minimum Gasteiger partial charge on any atom is -0.370 e. The first-order valence-corrected chi connectivity index (χ1v) is 8.15. The van der Waals surface area contributed by atoms with Crippen LogP contribution in [0.15, 0.2) is 46.9 Å². The fourth-order valence-electron chi connectivity index (χ4n) is 2.38. The fraction of sp³-hybridized carbons (Fsp3) is 0.333. The summed E-state index contributed by atoms with van der Waals surface area (Å²) < 4.78 is 1.13. The van der Waals surface area contributed by atoms with Crippen molar-refractivity contribution in [2.75, 3.05) is 18.5 Å². The average Bonchev–Trinajstić information content (AvgIpc) is 2.47. The monoisotopic (exact) mass is 346 g/mol.